The van der Waals surface area contributed by atoms with E-state index < -0.39 is 0 Å². The summed E-state index contributed by atoms with van der Waals surface area (Å²) < 4.78 is 15.1. The molecule has 0 aliphatic carbocycles. The van der Waals surface area contributed by atoms with E-state index >= 15 is 0 Å². The van der Waals surface area contributed by atoms with Crippen molar-refractivity contribution in [3.8, 4) is 5.75 Å². The molecule has 0 unspecified atom stereocenters. The number of rotatable bonds is 6. The van der Waals surface area contributed by atoms with Gasteiger partial charge in [0.2, 0.25) is 0 Å². The molecule has 0 atom stereocenters. The van der Waals surface area contributed by atoms with E-state index in [1.54, 1.807) is 14.2 Å². The van der Waals surface area contributed by atoms with Crippen molar-refractivity contribution in [1.29, 1.82) is 0 Å². The molecule has 0 spiro atoms. The number of nitrogens with one attached hydrogen (secondary N) is 1. The van der Waals surface area contributed by atoms with Gasteiger partial charge in [-0.3, -0.25) is 0 Å². The fraction of sp³-hybridized carbons (Fsp3) is 0.556. The number of hydrogen-bond acceptors (Lipinski definition) is 6. The molecule has 0 saturated heterocycles. The van der Waals surface area contributed by atoms with Crippen molar-refractivity contribution in [2.75, 3.05) is 33.2 Å². The number of nitrogens with zero attached hydrogens (tertiary/aromatic N) is 2. The zero-order valence-corrected chi connectivity index (χ0v) is 10.1. The molecule has 7 heteroatoms. The smallest absolute Gasteiger partial charge is 0.198 e. The van der Waals surface area contributed by atoms with Crippen LogP contribution in [0.3, 0.4) is 0 Å². The van der Waals surface area contributed by atoms with Crippen LogP contribution in [0.5, 0.6) is 5.75 Å². The van der Waals surface area contributed by atoms with Gasteiger partial charge in [0.15, 0.2) is 23.0 Å². The lowest BCUT2D eigenvalue weighted by Gasteiger charge is -2.15. The third-order valence-corrected chi connectivity index (χ3v) is 2.20. The number of anilines is 1. The lowest BCUT2D eigenvalue weighted by molar-refractivity contribution is -0.0914. The summed E-state index contributed by atoms with van der Waals surface area (Å²) in [5, 5.41) is 3.25. The van der Waals surface area contributed by atoms with Crippen molar-refractivity contribution in [3.05, 3.63) is 11.5 Å². The molecule has 0 bridgehead atoms. The molecule has 16 heavy (non-hydrogen) atoms. The standard InChI is InChI=1S/C9H14ClN3O3/c1-14-6(15-2)4-11-9-7(16-3)8(10)12-5-13-9/h5-6H,4H2,1-3H3,(H,11,12,13). The summed E-state index contributed by atoms with van der Waals surface area (Å²) in [5.74, 6) is 0.900. The van der Waals surface area contributed by atoms with Gasteiger partial charge in [-0.1, -0.05) is 11.6 Å². The van der Waals surface area contributed by atoms with E-state index in [0.29, 0.717) is 18.1 Å². The molecule has 1 aromatic rings. The predicted octanol–water partition coefficient (Wildman–Crippen LogP) is 1.17. The second-order valence-electron chi connectivity index (χ2n) is 2.83. The average Bonchev–Trinajstić information content (AvgIpc) is 2.30. The summed E-state index contributed by atoms with van der Waals surface area (Å²) in [7, 11) is 4.61. The molecule has 0 radical (unpaired) electrons. The maximum atomic E-state index is 5.83. The van der Waals surface area contributed by atoms with Gasteiger partial charge < -0.3 is 19.5 Å². The van der Waals surface area contributed by atoms with Crippen molar-refractivity contribution in [3.63, 3.8) is 0 Å². The molecule has 6 nitrogen and oxygen atoms in total. The Kier molecular flexibility index (Phi) is 5.24. The third-order valence-electron chi connectivity index (χ3n) is 1.93. The average molecular weight is 248 g/mol. The number of methoxy groups -OCH3 is 3. The normalized spacial score (nSPS) is 10.6. The van der Waals surface area contributed by atoms with Crippen LogP contribution in [0, 0.1) is 0 Å². The Morgan fingerprint density at radius 1 is 1.31 bits per heavy atom. The highest BCUT2D eigenvalue weighted by Gasteiger charge is 2.12. The first-order valence-corrected chi connectivity index (χ1v) is 4.94. The Morgan fingerprint density at radius 3 is 2.56 bits per heavy atom. The summed E-state index contributed by atoms with van der Waals surface area (Å²) >= 11 is 5.83. The van der Waals surface area contributed by atoms with Crippen LogP contribution in [0.1, 0.15) is 0 Å². The molecular weight excluding hydrogens is 234 g/mol. The monoisotopic (exact) mass is 247 g/mol. The van der Waals surface area contributed by atoms with E-state index in [4.69, 9.17) is 25.8 Å². The summed E-state index contributed by atoms with van der Waals surface area (Å²) in [4.78, 5) is 7.81. The zero-order chi connectivity index (χ0) is 12.0. The number of hydrogen-bond donors (Lipinski definition) is 1. The highest BCUT2D eigenvalue weighted by molar-refractivity contribution is 6.31. The minimum atomic E-state index is -0.363. The molecule has 1 heterocycles. The van der Waals surface area contributed by atoms with Gasteiger partial charge in [0.25, 0.3) is 0 Å². The number of halogens is 1. The Labute approximate surface area is 98.9 Å². The highest BCUT2D eigenvalue weighted by atomic mass is 35.5. The fourth-order valence-corrected chi connectivity index (χ4v) is 1.31. The van der Waals surface area contributed by atoms with Gasteiger partial charge in [0, 0.05) is 14.2 Å². The molecule has 0 aromatic carbocycles. The maximum absolute atomic E-state index is 5.83. The van der Waals surface area contributed by atoms with E-state index in [1.165, 1.54) is 13.4 Å². The number of ether oxygens (including phenoxy) is 3. The Hall–Kier alpha value is -1.11. The molecule has 1 N–H and O–H groups in total. The molecule has 0 amide bonds. The SMILES string of the molecule is COc1c(Cl)ncnc1NCC(OC)OC. The largest absolute Gasteiger partial charge is 0.490 e. The van der Waals surface area contributed by atoms with Crippen molar-refractivity contribution in [2.45, 2.75) is 6.29 Å². The molecule has 1 aromatic heterocycles. The first-order chi connectivity index (χ1) is 7.72. The van der Waals surface area contributed by atoms with Crippen molar-refractivity contribution >= 4 is 17.4 Å². The third kappa shape index (κ3) is 3.19. The second kappa shape index (κ2) is 6.47. The van der Waals surface area contributed by atoms with Crippen LogP contribution in [-0.4, -0.2) is 44.1 Å². The minimum absolute atomic E-state index is 0.256. The lowest BCUT2D eigenvalue weighted by atomic mass is 10.5. The molecule has 90 valence electrons. The summed E-state index contributed by atoms with van der Waals surface area (Å²) in [6.07, 6.45) is 0.986. The summed E-state index contributed by atoms with van der Waals surface area (Å²) in [6.45, 7) is 0.427. The van der Waals surface area contributed by atoms with Crippen LogP contribution in [0.2, 0.25) is 5.15 Å². The van der Waals surface area contributed by atoms with E-state index in [9.17, 15) is 0 Å². The predicted molar refractivity (Wildman–Crippen MR) is 59.9 cm³/mol. The molecule has 0 aliphatic rings. The van der Waals surface area contributed by atoms with Gasteiger partial charge in [-0.05, 0) is 0 Å². The second-order valence-corrected chi connectivity index (χ2v) is 3.19. The van der Waals surface area contributed by atoms with Crippen LogP contribution in [0.25, 0.3) is 0 Å². The quantitative estimate of drug-likeness (QED) is 0.601. The van der Waals surface area contributed by atoms with E-state index in [2.05, 4.69) is 15.3 Å². The van der Waals surface area contributed by atoms with Gasteiger partial charge in [-0.2, -0.15) is 0 Å². The van der Waals surface area contributed by atoms with E-state index in [0.717, 1.165) is 0 Å². The molecule has 0 saturated carbocycles. The molecule has 0 aliphatic heterocycles. The lowest BCUT2D eigenvalue weighted by Crippen LogP contribution is -2.24. The molecular formula is C9H14ClN3O3. The molecule has 0 fully saturated rings. The Morgan fingerprint density at radius 2 is 2.00 bits per heavy atom. The van der Waals surface area contributed by atoms with Crippen LogP contribution in [0.15, 0.2) is 6.33 Å². The van der Waals surface area contributed by atoms with Gasteiger partial charge in [-0.25, -0.2) is 9.97 Å². The zero-order valence-electron chi connectivity index (χ0n) is 9.36. The van der Waals surface area contributed by atoms with Gasteiger partial charge in [-0.15, -0.1) is 0 Å². The Bertz CT molecular complexity index is 334. The van der Waals surface area contributed by atoms with Crippen molar-refractivity contribution < 1.29 is 14.2 Å². The van der Waals surface area contributed by atoms with E-state index in [-0.39, 0.29) is 11.4 Å². The van der Waals surface area contributed by atoms with Gasteiger partial charge in [0.05, 0.1) is 13.7 Å². The Balaban J connectivity index is 2.69. The molecule has 1 rings (SSSR count). The van der Waals surface area contributed by atoms with Crippen molar-refractivity contribution in [1.82, 2.24) is 9.97 Å². The summed E-state index contributed by atoms with van der Waals surface area (Å²) in [6, 6.07) is 0. The first kappa shape index (κ1) is 13.0. The fourth-order valence-electron chi connectivity index (χ4n) is 1.10. The van der Waals surface area contributed by atoms with E-state index in [1.807, 2.05) is 0 Å². The minimum Gasteiger partial charge on any atom is -0.490 e. The summed E-state index contributed by atoms with van der Waals surface area (Å²) in [5.41, 5.74) is 0. The maximum Gasteiger partial charge on any atom is 0.198 e. The van der Waals surface area contributed by atoms with Crippen LogP contribution >= 0.6 is 11.6 Å². The van der Waals surface area contributed by atoms with Crippen LogP contribution in [-0.2, 0) is 9.47 Å². The topological polar surface area (TPSA) is 65.5 Å². The van der Waals surface area contributed by atoms with Crippen molar-refractivity contribution in [2.24, 2.45) is 0 Å². The first-order valence-electron chi connectivity index (χ1n) is 4.56. The van der Waals surface area contributed by atoms with Gasteiger partial charge >= 0.3 is 0 Å². The highest BCUT2D eigenvalue weighted by Crippen LogP contribution is 2.28. The van der Waals surface area contributed by atoms with Gasteiger partial charge in [0.1, 0.15) is 6.33 Å². The van der Waals surface area contributed by atoms with Crippen LogP contribution in [0.4, 0.5) is 5.82 Å². The van der Waals surface area contributed by atoms with Crippen LogP contribution < -0.4 is 10.1 Å². The number of aromatic nitrogens is 2.